The molecule has 0 aromatic heterocycles. The Morgan fingerprint density at radius 2 is 2.17 bits per heavy atom. The highest BCUT2D eigenvalue weighted by atomic mass is 35.5. The zero-order valence-corrected chi connectivity index (χ0v) is 10.8. The standard InChI is InChI=1S/C12H14ClF2NO2/c1-3-7(2)11(17)16-8-4-5-10(9(13)6-8)18-12(14)15/h4-7,12H,3H2,1-2H3,(H,16,17). The van der Waals surface area contributed by atoms with E-state index in [0.717, 1.165) is 0 Å². The first-order chi connectivity index (χ1) is 8.43. The molecule has 1 atom stereocenters. The van der Waals surface area contributed by atoms with Crippen molar-refractivity contribution in [3.05, 3.63) is 23.2 Å². The highest BCUT2D eigenvalue weighted by Gasteiger charge is 2.13. The van der Waals surface area contributed by atoms with Gasteiger partial charge < -0.3 is 10.1 Å². The second-order valence-corrected chi connectivity index (χ2v) is 4.23. The number of carbonyl (C=O) groups excluding carboxylic acids is 1. The van der Waals surface area contributed by atoms with E-state index in [1.165, 1.54) is 18.2 Å². The van der Waals surface area contributed by atoms with E-state index in [2.05, 4.69) is 10.1 Å². The number of amides is 1. The van der Waals surface area contributed by atoms with Gasteiger partial charge in [-0.25, -0.2) is 0 Å². The van der Waals surface area contributed by atoms with E-state index in [-0.39, 0.29) is 22.6 Å². The normalized spacial score (nSPS) is 12.3. The number of halogens is 3. The molecule has 1 rings (SSSR count). The van der Waals surface area contributed by atoms with Crippen molar-refractivity contribution in [3.8, 4) is 5.75 Å². The first kappa shape index (κ1) is 14.7. The summed E-state index contributed by atoms with van der Waals surface area (Å²) in [5, 5.41) is 2.67. The first-order valence-electron chi connectivity index (χ1n) is 5.49. The Morgan fingerprint density at radius 3 is 2.67 bits per heavy atom. The Kier molecular flexibility index (Phi) is 5.34. The molecular weight excluding hydrogens is 264 g/mol. The molecule has 1 unspecified atom stereocenters. The predicted molar refractivity (Wildman–Crippen MR) is 66.2 cm³/mol. The van der Waals surface area contributed by atoms with Gasteiger partial charge >= 0.3 is 6.61 Å². The second kappa shape index (κ2) is 6.54. The number of hydrogen-bond acceptors (Lipinski definition) is 2. The van der Waals surface area contributed by atoms with E-state index >= 15 is 0 Å². The van der Waals surface area contributed by atoms with Crippen molar-refractivity contribution in [1.82, 2.24) is 0 Å². The Hall–Kier alpha value is -1.36. The number of carbonyl (C=O) groups is 1. The number of hydrogen-bond donors (Lipinski definition) is 1. The molecule has 1 N–H and O–H groups in total. The third-order valence-corrected chi connectivity index (χ3v) is 2.77. The van der Waals surface area contributed by atoms with Crippen LogP contribution >= 0.6 is 11.6 Å². The van der Waals surface area contributed by atoms with Crippen molar-refractivity contribution in [2.45, 2.75) is 26.9 Å². The molecular formula is C12H14ClF2NO2. The fourth-order valence-electron chi connectivity index (χ4n) is 1.22. The van der Waals surface area contributed by atoms with E-state index in [9.17, 15) is 13.6 Å². The maximum absolute atomic E-state index is 12.0. The summed E-state index contributed by atoms with van der Waals surface area (Å²) < 4.78 is 28.2. The topological polar surface area (TPSA) is 38.3 Å². The fraction of sp³-hybridized carbons (Fsp3) is 0.417. The lowest BCUT2D eigenvalue weighted by Gasteiger charge is -2.12. The minimum absolute atomic E-state index is 0.0252. The van der Waals surface area contributed by atoms with Crippen molar-refractivity contribution >= 4 is 23.2 Å². The molecule has 0 fully saturated rings. The van der Waals surface area contributed by atoms with Gasteiger partial charge in [-0.15, -0.1) is 0 Å². The van der Waals surface area contributed by atoms with E-state index in [1.807, 2.05) is 6.92 Å². The van der Waals surface area contributed by atoms with Gasteiger partial charge in [0.15, 0.2) is 0 Å². The third-order valence-electron chi connectivity index (χ3n) is 2.48. The highest BCUT2D eigenvalue weighted by molar-refractivity contribution is 6.32. The molecule has 0 aliphatic carbocycles. The van der Waals surface area contributed by atoms with Crippen molar-refractivity contribution in [1.29, 1.82) is 0 Å². The molecule has 0 bridgehead atoms. The van der Waals surface area contributed by atoms with E-state index in [1.54, 1.807) is 6.92 Å². The number of ether oxygens (including phenoxy) is 1. The van der Waals surface area contributed by atoms with Crippen molar-refractivity contribution in [2.24, 2.45) is 5.92 Å². The van der Waals surface area contributed by atoms with Crippen LogP contribution in [0.25, 0.3) is 0 Å². The summed E-state index contributed by atoms with van der Waals surface area (Å²) in [7, 11) is 0. The minimum Gasteiger partial charge on any atom is -0.433 e. The van der Waals surface area contributed by atoms with Crippen molar-refractivity contribution < 1.29 is 18.3 Å². The lowest BCUT2D eigenvalue weighted by atomic mass is 10.1. The maximum Gasteiger partial charge on any atom is 0.387 e. The average Bonchev–Trinajstić information content (AvgIpc) is 2.31. The summed E-state index contributed by atoms with van der Waals surface area (Å²) >= 11 is 5.76. The SMILES string of the molecule is CCC(C)C(=O)Nc1ccc(OC(F)F)c(Cl)c1. The second-order valence-electron chi connectivity index (χ2n) is 3.82. The predicted octanol–water partition coefficient (Wildman–Crippen LogP) is 3.93. The molecule has 18 heavy (non-hydrogen) atoms. The molecule has 0 radical (unpaired) electrons. The number of alkyl halides is 2. The Balaban J connectivity index is 2.75. The number of benzene rings is 1. The molecule has 1 aromatic carbocycles. The summed E-state index contributed by atoms with van der Waals surface area (Å²) in [6.45, 7) is 0.769. The molecule has 0 aliphatic rings. The zero-order valence-electron chi connectivity index (χ0n) is 10.0. The van der Waals surface area contributed by atoms with Gasteiger partial charge in [-0.05, 0) is 24.6 Å². The van der Waals surface area contributed by atoms with Crippen LogP contribution in [0.15, 0.2) is 18.2 Å². The summed E-state index contributed by atoms with van der Waals surface area (Å²) in [4.78, 5) is 11.6. The van der Waals surface area contributed by atoms with E-state index in [4.69, 9.17) is 11.6 Å². The van der Waals surface area contributed by atoms with Gasteiger partial charge in [-0.3, -0.25) is 4.79 Å². The molecule has 0 heterocycles. The van der Waals surface area contributed by atoms with Crippen LogP contribution in [0.5, 0.6) is 5.75 Å². The van der Waals surface area contributed by atoms with E-state index in [0.29, 0.717) is 12.1 Å². The number of nitrogens with one attached hydrogen (secondary N) is 1. The number of rotatable bonds is 5. The molecule has 0 spiro atoms. The number of anilines is 1. The van der Waals surface area contributed by atoms with Crippen molar-refractivity contribution in [3.63, 3.8) is 0 Å². The lowest BCUT2D eigenvalue weighted by molar-refractivity contribution is -0.119. The summed E-state index contributed by atoms with van der Waals surface area (Å²) in [5.41, 5.74) is 0.451. The van der Waals surface area contributed by atoms with Gasteiger partial charge in [-0.2, -0.15) is 8.78 Å². The first-order valence-corrected chi connectivity index (χ1v) is 5.87. The van der Waals surface area contributed by atoms with Crippen LogP contribution in [0, 0.1) is 5.92 Å². The van der Waals surface area contributed by atoms with Gasteiger partial charge in [0.05, 0.1) is 5.02 Å². The Labute approximate surface area is 109 Å². The van der Waals surface area contributed by atoms with Crippen LogP contribution in [0.2, 0.25) is 5.02 Å². The molecule has 0 aliphatic heterocycles. The third kappa shape index (κ3) is 4.14. The van der Waals surface area contributed by atoms with Crippen LogP contribution in [0.3, 0.4) is 0 Å². The Morgan fingerprint density at radius 1 is 1.50 bits per heavy atom. The van der Waals surface area contributed by atoms with Gasteiger partial charge in [0.1, 0.15) is 5.75 Å². The smallest absolute Gasteiger partial charge is 0.387 e. The van der Waals surface area contributed by atoms with Crippen LogP contribution in [-0.2, 0) is 4.79 Å². The fourth-order valence-corrected chi connectivity index (χ4v) is 1.45. The summed E-state index contributed by atoms with van der Waals surface area (Å²) in [6, 6.07) is 4.13. The molecule has 1 amide bonds. The molecule has 100 valence electrons. The van der Waals surface area contributed by atoms with Crippen molar-refractivity contribution in [2.75, 3.05) is 5.32 Å². The summed E-state index contributed by atoms with van der Waals surface area (Å²) in [6.07, 6.45) is 0.714. The summed E-state index contributed by atoms with van der Waals surface area (Å²) in [5.74, 6) is -0.384. The van der Waals surface area contributed by atoms with Gasteiger partial charge in [0.2, 0.25) is 5.91 Å². The van der Waals surface area contributed by atoms with Crippen LogP contribution in [0.4, 0.5) is 14.5 Å². The van der Waals surface area contributed by atoms with Crippen LogP contribution in [-0.4, -0.2) is 12.5 Å². The van der Waals surface area contributed by atoms with Crippen LogP contribution in [0.1, 0.15) is 20.3 Å². The molecule has 0 saturated heterocycles. The minimum atomic E-state index is -2.93. The Bertz CT molecular complexity index is 427. The van der Waals surface area contributed by atoms with Gasteiger partial charge in [-0.1, -0.05) is 25.4 Å². The zero-order chi connectivity index (χ0) is 13.7. The molecule has 1 aromatic rings. The monoisotopic (exact) mass is 277 g/mol. The highest BCUT2D eigenvalue weighted by Crippen LogP contribution is 2.29. The average molecular weight is 278 g/mol. The lowest BCUT2D eigenvalue weighted by Crippen LogP contribution is -2.19. The maximum atomic E-state index is 12.0. The molecule has 0 saturated carbocycles. The van der Waals surface area contributed by atoms with Gasteiger partial charge in [0.25, 0.3) is 0 Å². The largest absolute Gasteiger partial charge is 0.433 e. The van der Waals surface area contributed by atoms with E-state index < -0.39 is 6.61 Å². The quantitative estimate of drug-likeness (QED) is 0.886. The van der Waals surface area contributed by atoms with Gasteiger partial charge in [0, 0.05) is 11.6 Å². The molecule has 6 heteroatoms. The molecule has 3 nitrogen and oxygen atoms in total. The van der Waals surface area contributed by atoms with Crippen LogP contribution < -0.4 is 10.1 Å².